The fraction of sp³-hybridized carbons (Fsp3) is 0.412. The number of halogens is 1. The molecule has 0 radical (unpaired) electrons. The molecule has 2 N–H and O–H groups in total. The topological polar surface area (TPSA) is 83.0 Å². The van der Waals surface area contributed by atoms with Gasteiger partial charge in [-0.2, -0.15) is 5.10 Å². The van der Waals surface area contributed by atoms with E-state index in [0.29, 0.717) is 28.7 Å². The molecule has 0 saturated carbocycles. The van der Waals surface area contributed by atoms with E-state index in [0.717, 1.165) is 18.4 Å². The molecule has 1 aromatic carbocycles. The SMILES string of the molecule is CC(=O)N1CCC(NC(=O)Cn2c(-c3ccc(Cl)cc3)n[nH]c2=S)CC1. The van der Waals surface area contributed by atoms with Gasteiger partial charge in [0.1, 0.15) is 6.54 Å². The van der Waals surface area contributed by atoms with E-state index >= 15 is 0 Å². The first-order valence-corrected chi connectivity index (χ1v) is 9.18. The van der Waals surface area contributed by atoms with Crippen molar-refractivity contribution >= 4 is 35.6 Å². The highest BCUT2D eigenvalue weighted by Gasteiger charge is 2.22. The number of aromatic nitrogens is 3. The number of piperidine rings is 1. The molecule has 2 heterocycles. The van der Waals surface area contributed by atoms with Gasteiger partial charge in [-0.05, 0) is 49.3 Å². The van der Waals surface area contributed by atoms with Crippen molar-refractivity contribution in [3.8, 4) is 11.4 Å². The quantitative estimate of drug-likeness (QED) is 0.781. The summed E-state index contributed by atoms with van der Waals surface area (Å²) < 4.78 is 2.05. The normalized spacial score (nSPS) is 15.1. The number of hydrogen-bond donors (Lipinski definition) is 2. The Bertz CT molecular complexity index is 853. The highest BCUT2D eigenvalue weighted by atomic mass is 35.5. The van der Waals surface area contributed by atoms with Crippen LogP contribution in [0.25, 0.3) is 11.4 Å². The Morgan fingerprint density at radius 3 is 2.58 bits per heavy atom. The van der Waals surface area contributed by atoms with E-state index in [1.165, 1.54) is 0 Å². The Hall–Kier alpha value is -2.19. The fourth-order valence-corrected chi connectivity index (χ4v) is 3.36. The lowest BCUT2D eigenvalue weighted by atomic mass is 10.1. The van der Waals surface area contributed by atoms with Crippen LogP contribution in [0.2, 0.25) is 5.02 Å². The Morgan fingerprint density at radius 1 is 1.31 bits per heavy atom. The van der Waals surface area contributed by atoms with Crippen LogP contribution in [0.15, 0.2) is 24.3 Å². The van der Waals surface area contributed by atoms with Crippen LogP contribution < -0.4 is 5.32 Å². The largest absolute Gasteiger partial charge is 0.352 e. The van der Waals surface area contributed by atoms with Gasteiger partial charge in [0.2, 0.25) is 11.8 Å². The fourth-order valence-electron chi connectivity index (χ4n) is 3.04. The van der Waals surface area contributed by atoms with Crippen LogP contribution in [0.3, 0.4) is 0 Å². The molecule has 0 unspecified atom stereocenters. The average Bonchev–Trinajstić information content (AvgIpc) is 2.97. The second kappa shape index (κ2) is 8.01. The lowest BCUT2D eigenvalue weighted by Gasteiger charge is -2.31. The molecule has 138 valence electrons. The molecular weight excluding hydrogens is 374 g/mol. The molecule has 0 atom stereocenters. The van der Waals surface area contributed by atoms with Gasteiger partial charge in [0.15, 0.2) is 10.6 Å². The summed E-state index contributed by atoms with van der Waals surface area (Å²) in [7, 11) is 0. The predicted octanol–water partition coefficient (Wildman–Crippen LogP) is 2.39. The van der Waals surface area contributed by atoms with E-state index in [1.807, 2.05) is 12.1 Å². The minimum atomic E-state index is -0.126. The van der Waals surface area contributed by atoms with E-state index < -0.39 is 0 Å². The molecule has 3 rings (SSSR count). The third-order valence-electron chi connectivity index (χ3n) is 4.47. The summed E-state index contributed by atoms with van der Waals surface area (Å²) >= 11 is 11.2. The van der Waals surface area contributed by atoms with Gasteiger partial charge in [-0.15, -0.1) is 0 Å². The van der Waals surface area contributed by atoms with Gasteiger partial charge in [0.05, 0.1) is 0 Å². The van der Waals surface area contributed by atoms with Crippen LogP contribution >= 0.6 is 23.8 Å². The number of carbonyl (C=O) groups excluding carboxylic acids is 2. The number of carbonyl (C=O) groups is 2. The molecule has 0 spiro atoms. The number of aromatic amines is 1. The standard InChI is InChI=1S/C17H20ClN5O2S/c1-11(24)22-8-6-14(7-9-22)19-15(25)10-23-16(20-21-17(23)26)12-2-4-13(18)5-3-12/h2-5,14H,6-10H2,1H3,(H,19,25)(H,21,26). The summed E-state index contributed by atoms with van der Waals surface area (Å²) in [5, 5.41) is 10.6. The first kappa shape index (κ1) is 18.6. The summed E-state index contributed by atoms with van der Waals surface area (Å²) in [5.74, 6) is 0.541. The van der Waals surface area contributed by atoms with Gasteiger partial charge in [0, 0.05) is 36.6 Å². The Morgan fingerprint density at radius 2 is 1.96 bits per heavy atom. The van der Waals surface area contributed by atoms with Crippen LogP contribution in [0, 0.1) is 4.77 Å². The second-order valence-corrected chi connectivity index (χ2v) is 7.12. The third-order valence-corrected chi connectivity index (χ3v) is 5.03. The monoisotopic (exact) mass is 393 g/mol. The third kappa shape index (κ3) is 4.31. The number of amides is 2. The molecule has 7 nitrogen and oxygen atoms in total. The van der Waals surface area contributed by atoms with E-state index in [-0.39, 0.29) is 24.4 Å². The van der Waals surface area contributed by atoms with Gasteiger partial charge in [-0.25, -0.2) is 0 Å². The number of likely N-dealkylation sites (tertiary alicyclic amines) is 1. The maximum absolute atomic E-state index is 12.5. The Labute approximate surface area is 161 Å². The number of hydrogen-bond acceptors (Lipinski definition) is 4. The van der Waals surface area contributed by atoms with Crippen LogP contribution in [-0.2, 0) is 16.1 Å². The van der Waals surface area contributed by atoms with Crippen molar-refractivity contribution in [2.45, 2.75) is 32.4 Å². The number of nitrogens with zero attached hydrogens (tertiary/aromatic N) is 3. The van der Waals surface area contributed by atoms with Gasteiger partial charge < -0.3 is 10.2 Å². The number of benzene rings is 1. The zero-order valence-electron chi connectivity index (χ0n) is 14.4. The Kier molecular flexibility index (Phi) is 5.73. The molecule has 2 amide bonds. The van der Waals surface area contributed by atoms with Crippen LogP contribution in [0.1, 0.15) is 19.8 Å². The number of H-pyrrole nitrogens is 1. The lowest BCUT2D eigenvalue weighted by molar-refractivity contribution is -0.130. The summed E-state index contributed by atoms with van der Waals surface area (Å²) in [4.78, 5) is 25.6. The minimum absolute atomic E-state index is 0.0677. The molecule has 1 aromatic heterocycles. The van der Waals surface area contributed by atoms with Crippen molar-refractivity contribution in [2.24, 2.45) is 0 Å². The van der Waals surface area contributed by atoms with E-state index in [2.05, 4.69) is 15.5 Å². The summed E-state index contributed by atoms with van der Waals surface area (Å²) in [6, 6.07) is 7.26. The van der Waals surface area contributed by atoms with Gasteiger partial charge >= 0.3 is 0 Å². The maximum Gasteiger partial charge on any atom is 0.240 e. The van der Waals surface area contributed by atoms with Crippen molar-refractivity contribution in [2.75, 3.05) is 13.1 Å². The highest BCUT2D eigenvalue weighted by molar-refractivity contribution is 7.71. The zero-order chi connectivity index (χ0) is 18.7. The van der Waals surface area contributed by atoms with E-state index in [1.54, 1.807) is 28.5 Å². The first-order chi connectivity index (χ1) is 12.4. The molecule has 0 aliphatic carbocycles. The highest BCUT2D eigenvalue weighted by Crippen LogP contribution is 2.20. The molecule has 1 fully saturated rings. The van der Waals surface area contributed by atoms with Gasteiger partial charge in [0.25, 0.3) is 0 Å². The van der Waals surface area contributed by atoms with E-state index in [4.69, 9.17) is 23.8 Å². The molecule has 26 heavy (non-hydrogen) atoms. The maximum atomic E-state index is 12.5. The minimum Gasteiger partial charge on any atom is -0.352 e. The van der Waals surface area contributed by atoms with Crippen LogP contribution in [-0.4, -0.2) is 50.6 Å². The van der Waals surface area contributed by atoms with Crippen molar-refractivity contribution in [3.05, 3.63) is 34.1 Å². The molecule has 2 aromatic rings. The van der Waals surface area contributed by atoms with Crippen molar-refractivity contribution < 1.29 is 9.59 Å². The predicted molar refractivity (Wildman–Crippen MR) is 101 cm³/mol. The van der Waals surface area contributed by atoms with Gasteiger partial charge in [-0.1, -0.05) is 11.6 Å². The summed E-state index contributed by atoms with van der Waals surface area (Å²) in [5.41, 5.74) is 0.823. The second-order valence-electron chi connectivity index (χ2n) is 6.29. The van der Waals surface area contributed by atoms with Crippen molar-refractivity contribution in [3.63, 3.8) is 0 Å². The van der Waals surface area contributed by atoms with Gasteiger partial charge in [-0.3, -0.25) is 19.3 Å². The van der Waals surface area contributed by atoms with Crippen LogP contribution in [0.4, 0.5) is 0 Å². The number of nitrogens with one attached hydrogen (secondary N) is 2. The lowest BCUT2D eigenvalue weighted by Crippen LogP contribution is -2.46. The molecule has 1 aliphatic rings. The first-order valence-electron chi connectivity index (χ1n) is 8.40. The smallest absolute Gasteiger partial charge is 0.240 e. The molecule has 1 saturated heterocycles. The van der Waals surface area contributed by atoms with Crippen molar-refractivity contribution in [1.29, 1.82) is 0 Å². The molecule has 1 aliphatic heterocycles. The molecule has 9 heteroatoms. The van der Waals surface area contributed by atoms with Crippen molar-refractivity contribution in [1.82, 2.24) is 25.0 Å². The number of rotatable bonds is 4. The summed E-state index contributed by atoms with van der Waals surface area (Å²) in [6.45, 7) is 2.99. The molecular formula is C17H20ClN5O2S. The molecule has 0 bridgehead atoms. The average molecular weight is 394 g/mol. The zero-order valence-corrected chi connectivity index (χ0v) is 15.9. The Balaban J connectivity index is 1.65. The van der Waals surface area contributed by atoms with Crippen LogP contribution in [0.5, 0.6) is 0 Å². The summed E-state index contributed by atoms with van der Waals surface area (Å²) in [6.07, 6.45) is 1.51. The van der Waals surface area contributed by atoms with E-state index in [9.17, 15) is 9.59 Å².